The van der Waals surface area contributed by atoms with Gasteiger partial charge in [0.25, 0.3) is 5.91 Å². The van der Waals surface area contributed by atoms with Crippen molar-refractivity contribution in [2.24, 2.45) is 0 Å². The molecule has 2 aromatic rings. The van der Waals surface area contributed by atoms with Crippen LogP contribution in [0, 0.1) is 5.82 Å². The smallest absolute Gasteiger partial charge is 0.270 e. The molecule has 2 amide bonds. The summed E-state index contributed by atoms with van der Waals surface area (Å²) in [6.45, 7) is 2.76. The van der Waals surface area contributed by atoms with Crippen LogP contribution in [0.15, 0.2) is 41.8 Å². The lowest BCUT2D eigenvalue weighted by molar-refractivity contribution is -0.120. The molecule has 5 nitrogen and oxygen atoms in total. The first-order valence-corrected chi connectivity index (χ1v) is 10.4. The van der Waals surface area contributed by atoms with Crippen molar-refractivity contribution < 1.29 is 14.0 Å². The average Bonchev–Trinajstić information content (AvgIpc) is 3.17. The van der Waals surface area contributed by atoms with E-state index in [1.165, 1.54) is 17.4 Å². The number of carbonyl (C=O) groups excluding carboxylic acids is 2. The van der Waals surface area contributed by atoms with E-state index in [9.17, 15) is 14.0 Å². The number of nitrogens with zero attached hydrogens (tertiary/aromatic N) is 1. The number of benzene rings is 1. The average molecular weight is 404 g/mol. The second kappa shape index (κ2) is 12.0. The predicted molar refractivity (Wildman–Crippen MR) is 110 cm³/mol. The van der Waals surface area contributed by atoms with Crippen molar-refractivity contribution in [2.45, 2.75) is 45.6 Å². The molecule has 7 heteroatoms. The zero-order valence-electron chi connectivity index (χ0n) is 16.0. The lowest BCUT2D eigenvalue weighted by Crippen LogP contribution is -2.26. The van der Waals surface area contributed by atoms with Crippen molar-refractivity contribution >= 4 is 23.2 Å². The molecular weight excluding hydrogens is 377 g/mol. The van der Waals surface area contributed by atoms with E-state index in [-0.39, 0.29) is 17.6 Å². The van der Waals surface area contributed by atoms with Gasteiger partial charge < -0.3 is 10.6 Å². The zero-order chi connectivity index (χ0) is 20.2. The van der Waals surface area contributed by atoms with E-state index < -0.39 is 0 Å². The van der Waals surface area contributed by atoms with Crippen LogP contribution < -0.4 is 10.6 Å². The Hall–Kier alpha value is -2.54. The van der Waals surface area contributed by atoms with E-state index in [1.807, 2.05) is 12.2 Å². The second-order valence-corrected chi connectivity index (χ2v) is 7.26. The minimum Gasteiger partial charge on any atom is -0.350 e. The Morgan fingerprint density at radius 2 is 2.04 bits per heavy atom. The Balaban J connectivity index is 1.70. The van der Waals surface area contributed by atoms with E-state index in [0.29, 0.717) is 42.2 Å². The van der Waals surface area contributed by atoms with Crippen molar-refractivity contribution in [1.82, 2.24) is 15.6 Å². The van der Waals surface area contributed by atoms with Crippen molar-refractivity contribution in [1.29, 1.82) is 0 Å². The lowest BCUT2D eigenvalue weighted by Gasteiger charge is -2.04. The number of amides is 2. The first-order valence-electron chi connectivity index (χ1n) is 9.47. The first kappa shape index (κ1) is 21.8. The van der Waals surface area contributed by atoms with Gasteiger partial charge in [-0.15, -0.1) is 11.3 Å². The second-order valence-electron chi connectivity index (χ2n) is 6.32. The molecule has 0 bridgehead atoms. The van der Waals surface area contributed by atoms with E-state index in [2.05, 4.69) is 22.5 Å². The number of carbonyl (C=O) groups is 2. The molecule has 1 heterocycles. The van der Waals surface area contributed by atoms with Gasteiger partial charge in [0.2, 0.25) is 5.91 Å². The van der Waals surface area contributed by atoms with Gasteiger partial charge in [-0.05, 0) is 24.5 Å². The van der Waals surface area contributed by atoms with E-state index in [0.717, 1.165) is 19.3 Å². The number of hydrogen-bond donors (Lipinski definition) is 2. The van der Waals surface area contributed by atoms with Crippen LogP contribution in [0.4, 0.5) is 4.39 Å². The largest absolute Gasteiger partial charge is 0.350 e. The number of halogens is 1. The third kappa shape index (κ3) is 7.60. The quantitative estimate of drug-likeness (QED) is 0.440. The predicted octanol–water partition coefficient (Wildman–Crippen LogP) is 4.01. The highest BCUT2D eigenvalue weighted by Gasteiger charge is 2.11. The number of nitrogens with one attached hydrogen (secondary N) is 2. The van der Waals surface area contributed by atoms with Gasteiger partial charge in [0.1, 0.15) is 16.5 Å². The highest BCUT2D eigenvalue weighted by Crippen LogP contribution is 2.10. The summed E-state index contributed by atoms with van der Waals surface area (Å²) >= 11 is 1.32. The number of hydrogen-bond acceptors (Lipinski definition) is 4. The molecule has 0 saturated carbocycles. The molecule has 0 aliphatic rings. The van der Waals surface area contributed by atoms with E-state index >= 15 is 0 Å². The SMILES string of the molecule is CCCCC=CCC(=O)NCc1nc(C(=O)NCCc2ccccc2F)cs1. The van der Waals surface area contributed by atoms with E-state index in [1.54, 1.807) is 23.6 Å². The summed E-state index contributed by atoms with van der Waals surface area (Å²) in [5.74, 6) is -0.647. The minimum atomic E-state index is -0.302. The Morgan fingerprint density at radius 1 is 1.21 bits per heavy atom. The fourth-order valence-corrected chi connectivity index (χ4v) is 3.19. The van der Waals surface area contributed by atoms with Gasteiger partial charge in [0.05, 0.1) is 6.54 Å². The van der Waals surface area contributed by atoms with Crippen molar-refractivity contribution in [3.8, 4) is 0 Å². The van der Waals surface area contributed by atoms with Crippen LogP contribution >= 0.6 is 11.3 Å². The fraction of sp³-hybridized carbons (Fsp3) is 0.381. The fourth-order valence-electron chi connectivity index (χ4n) is 2.48. The summed E-state index contributed by atoms with van der Waals surface area (Å²) in [7, 11) is 0. The molecule has 0 unspecified atom stereocenters. The Bertz CT molecular complexity index is 804. The monoisotopic (exact) mass is 403 g/mol. The minimum absolute atomic E-state index is 0.0705. The van der Waals surface area contributed by atoms with Crippen molar-refractivity contribution in [3.05, 3.63) is 63.9 Å². The number of aromatic nitrogens is 1. The van der Waals surface area contributed by atoms with Crippen LogP contribution in [0.25, 0.3) is 0 Å². The molecule has 2 rings (SSSR count). The Kier molecular flexibility index (Phi) is 9.34. The van der Waals surface area contributed by atoms with Gasteiger partial charge in [-0.3, -0.25) is 9.59 Å². The summed E-state index contributed by atoms with van der Waals surface area (Å²) in [6, 6.07) is 6.50. The summed E-state index contributed by atoms with van der Waals surface area (Å²) in [6.07, 6.45) is 7.92. The summed E-state index contributed by atoms with van der Waals surface area (Å²) in [4.78, 5) is 28.2. The van der Waals surface area contributed by atoms with Gasteiger partial charge in [0.15, 0.2) is 0 Å². The highest BCUT2D eigenvalue weighted by atomic mass is 32.1. The van der Waals surface area contributed by atoms with Gasteiger partial charge >= 0.3 is 0 Å². The molecule has 0 spiro atoms. The Morgan fingerprint density at radius 3 is 2.82 bits per heavy atom. The van der Waals surface area contributed by atoms with Crippen molar-refractivity contribution in [2.75, 3.05) is 6.54 Å². The first-order chi connectivity index (χ1) is 13.6. The number of rotatable bonds is 11. The molecule has 2 N–H and O–H groups in total. The topological polar surface area (TPSA) is 71.1 Å². The number of thiazole rings is 1. The van der Waals surface area contributed by atoms with Crippen LogP contribution in [-0.2, 0) is 17.8 Å². The molecule has 0 fully saturated rings. The maximum atomic E-state index is 13.6. The van der Waals surface area contributed by atoms with Crippen LogP contribution in [0.5, 0.6) is 0 Å². The molecule has 0 saturated heterocycles. The summed E-state index contributed by atoms with van der Waals surface area (Å²) in [5.41, 5.74) is 0.871. The Labute approximate surface area is 169 Å². The normalized spacial score (nSPS) is 10.9. The molecule has 150 valence electrons. The molecular formula is C21H26FN3O2S. The summed E-state index contributed by atoms with van der Waals surface area (Å²) in [5, 5.41) is 7.86. The van der Waals surface area contributed by atoms with Crippen LogP contribution in [-0.4, -0.2) is 23.3 Å². The molecule has 0 aliphatic heterocycles. The molecule has 0 aliphatic carbocycles. The van der Waals surface area contributed by atoms with Crippen LogP contribution in [0.3, 0.4) is 0 Å². The van der Waals surface area contributed by atoms with E-state index in [4.69, 9.17) is 0 Å². The standard InChI is InChI=1S/C21H26FN3O2S/c1-2-3-4-5-6-11-19(26)24-14-20-25-18(15-28-20)21(27)23-13-12-16-9-7-8-10-17(16)22/h5-10,15H,2-4,11-14H2,1H3,(H,23,27)(H,24,26). The number of unbranched alkanes of at least 4 members (excludes halogenated alkanes) is 2. The van der Waals surface area contributed by atoms with Gasteiger partial charge in [-0.1, -0.05) is 50.1 Å². The number of allylic oxidation sites excluding steroid dienone is 1. The third-order valence-corrected chi connectivity index (χ3v) is 4.90. The highest BCUT2D eigenvalue weighted by molar-refractivity contribution is 7.09. The van der Waals surface area contributed by atoms with Gasteiger partial charge in [-0.2, -0.15) is 0 Å². The molecule has 1 aromatic carbocycles. The van der Waals surface area contributed by atoms with Crippen LogP contribution in [0.1, 0.15) is 53.7 Å². The van der Waals surface area contributed by atoms with Crippen LogP contribution in [0.2, 0.25) is 0 Å². The maximum absolute atomic E-state index is 13.6. The zero-order valence-corrected chi connectivity index (χ0v) is 16.9. The molecule has 0 radical (unpaired) electrons. The molecule has 28 heavy (non-hydrogen) atoms. The third-order valence-electron chi connectivity index (χ3n) is 4.05. The van der Waals surface area contributed by atoms with Gasteiger partial charge in [-0.25, -0.2) is 9.37 Å². The molecule has 1 aromatic heterocycles. The maximum Gasteiger partial charge on any atom is 0.270 e. The lowest BCUT2D eigenvalue weighted by atomic mass is 10.1. The summed E-state index contributed by atoms with van der Waals surface area (Å²) < 4.78 is 13.6. The molecule has 0 atom stereocenters. The van der Waals surface area contributed by atoms with Crippen molar-refractivity contribution in [3.63, 3.8) is 0 Å². The van der Waals surface area contributed by atoms with Gasteiger partial charge in [0, 0.05) is 18.3 Å².